The van der Waals surface area contributed by atoms with E-state index in [0.717, 1.165) is 22.3 Å². The van der Waals surface area contributed by atoms with Crippen molar-refractivity contribution in [2.75, 3.05) is 6.61 Å². The monoisotopic (exact) mass is 509 g/mol. The number of carbonyl (C=O) groups is 1. The van der Waals surface area contributed by atoms with Gasteiger partial charge in [-0.1, -0.05) is 66.7 Å². The van der Waals surface area contributed by atoms with Gasteiger partial charge in [0, 0.05) is 36.4 Å². The second-order valence-corrected chi connectivity index (χ2v) is 10.1. The van der Waals surface area contributed by atoms with E-state index in [-0.39, 0.29) is 43.0 Å². The Kier molecular flexibility index (Phi) is 5.67. The normalized spacial score (nSPS) is 24.5. The number of halogens is 3. The molecule has 3 aliphatic rings. The summed E-state index contributed by atoms with van der Waals surface area (Å²) < 4.78 is 49.0. The van der Waals surface area contributed by atoms with Crippen molar-refractivity contribution >= 4 is 6.09 Å². The average molecular weight is 510 g/mol. The van der Waals surface area contributed by atoms with Crippen LogP contribution < -0.4 is 4.74 Å². The number of alkyl halides is 3. The highest BCUT2D eigenvalue weighted by Gasteiger charge is 2.52. The van der Waals surface area contributed by atoms with Crippen LogP contribution in [0, 0.1) is 0 Å². The molecule has 37 heavy (non-hydrogen) atoms. The fraction of sp³-hybridized carbons (Fsp3) is 0.345. The lowest BCUT2D eigenvalue weighted by molar-refractivity contribution is -0.275. The Morgan fingerprint density at radius 2 is 1.43 bits per heavy atom. The third-order valence-corrected chi connectivity index (χ3v) is 7.93. The molecule has 2 aliphatic heterocycles. The van der Waals surface area contributed by atoms with Crippen LogP contribution in [0.1, 0.15) is 48.3 Å². The van der Waals surface area contributed by atoms with Crippen LogP contribution in [0.4, 0.5) is 18.0 Å². The van der Waals surface area contributed by atoms with Gasteiger partial charge in [0.2, 0.25) is 0 Å². The van der Waals surface area contributed by atoms with Crippen molar-refractivity contribution in [1.29, 1.82) is 0 Å². The molecule has 2 fully saturated rings. The molecule has 192 valence electrons. The summed E-state index contributed by atoms with van der Waals surface area (Å²) in [4.78, 5) is 15.0. The SMILES string of the molecule is O=C(OCC1c2ccccc2-c2ccccc21)N1C2CCC1CC(O)(c1ccccc1OC(F)(F)F)C2. The smallest absolute Gasteiger partial charge is 0.448 e. The molecule has 1 aliphatic carbocycles. The van der Waals surface area contributed by atoms with E-state index >= 15 is 0 Å². The number of benzene rings is 3. The molecule has 3 aromatic rings. The number of para-hydroxylation sites is 1. The minimum Gasteiger partial charge on any atom is -0.448 e. The standard InChI is InChI=1S/C29H26F3NO4/c30-29(31,32)37-26-12-6-5-11-25(26)28(35)15-18-13-14-19(16-28)33(18)27(34)36-17-24-22-9-3-1-7-20(22)21-8-2-4-10-23(21)24/h1-12,18-19,24,35H,13-17H2. The summed E-state index contributed by atoms with van der Waals surface area (Å²) in [5.41, 5.74) is 3.08. The molecule has 1 amide bonds. The van der Waals surface area contributed by atoms with E-state index in [0.29, 0.717) is 12.8 Å². The molecule has 0 radical (unpaired) electrons. The van der Waals surface area contributed by atoms with E-state index in [2.05, 4.69) is 29.0 Å². The molecule has 2 bridgehead atoms. The molecule has 6 rings (SSSR count). The van der Waals surface area contributed by atoms with Crippen molar-refractivity contribution in [3.63, 3.8) is 0 Å². The third-order valence-electron chi connectivity index (χ3n) is 7.93. The summed E-state index contributed by atoms with van der Waals surface area (Å²) in [6, 6.07) is 21.2. The van der Waals surface area contributed by atoms with Gasteiger partial charge < -0.3 is 19.5 Å². The minimum atomic E-state index is -4.87. The number of aliphatic hydroxyl groups is 1. The van der Waals surface area contributed by atoms with Gasteiger partial charge in [0.05, 0.1) is 5.60 Å². The molecule has 3 aromatic carbocycles. The molecule has 2 saturated heterocycles. The lowest BCUT2D eigenvalue weighted by Crippen LogP contribution is -2.52. The van der Waals surface area contributed by atoms with Crippen LogP contribution in [0.3, 0.4) is 0 Å². The predicted octanol–water partition coefficient (Wildman–Crippen LogP) is 6.35. The molecule has 0 saturated carbocycles. The lowest BCUT2D eigenvalue weighted by Gasteiger charge is -2.43. The Balaban J connectivity index is 1.19. The number of fused-ring (bicyclic) bond motifs is 5. The number of hydrogen-bond donors (Lipinski definition) is 1. The van der Waals surface area contributed by atoms with Gasteiger partial charge in [0.15, 0.2) is 0 Å². The maximum atomic E-state index is 13.3. The summed E-state index contributed by atoms with van der Waals surface area (Å²) in [7, 11) is 0. The maximum absolute atomic E-state index is 13.3. The van der Waals surface area contributed by atoms with Crippen LogP contribution in [0.2, 0.25) is 0 Å². The van der Waals surface area contributed by atoms with E-state index in [1.165, 1.54) is 18.2 Å². The number of rotatable bonds is 4. The van der Waals surface area contributed by atoms with E-state index in [1.54, 1.807) is 11.0 Å². The van der Waals surface area contributed by atoms with Gasteiger partial charge in [-0.3, -0.25) is 0 Å². The molecule has 2 unspecified atom stereocenters. The van der Waals surface area contributed by atoms with Gasteiger partial charge in [-0.25, -0.2) is 4.79 Å². The quantitative estimate of drug-likeness (QED) is 0.445. The number of ether oxygens (including phenoxy) is 2. The fourth-order valence-electron chi connectivity index (χ4n) is 6.48. The van der Waals surface area contributed by atoms with Gasteiger partial charge in [-0.05, 0) is 41.2 Å². The van der Waals surface area contributed by atoms with Gasteiger partial charge >= 0.3 is 12.5 Å². The van der Waals surface area contributed by atoms with E-state index < -0.39 is 23.8 Å². The maximum Gasteiger partial charge on any atom is 0.573 e. The Morgan fingerprint density at radius 1 is 0.892 bits per heavy atom. The fourth-order valence-corrected chi connectivity index (χ4v) is 6.48. The number of nitrogens with zero attached hydrogens (tertiary/aromatic N) is 1. The number of piperidine rings is 1. The Bertz CT molecular complexity index is 1280. The largest absolute Gasteiger partial charge is 0.573 e. The van der Waals surface area contributed by atoms with Crippen LogP contribution in [0.15, 0.2) is 72.8 Å². The predicted molar refractivity (Wildman–Crippen MR) is 130 cm³/mol. The molecule has 2 heterocycles. The zero-order chi connectivity index (χ0) is 25.8. The van der Waals surface area contributed by atoms with Crippen LogP contribution in [0.25, 0.3) is 11.1 Å². The van der Waals surface area contributed by atoms with E-state index in [4.69, 9.17) is 4.74 Å². The van der Waals surface area contributed by atoms with Gasteiger partial charge in [-0.15, -0.1) is 13.2 Å². The highest BCUT2D eigenvalue weighted by molar-refractivity contribution is 5.79. The number of amides is 1. The topological polar surface area (TPSA) is 59.0 Å². The van der Waals surface area contributed by atoms with Crippen molar-refractivity contribution in [2.45, 2.75) is 55.6 Å². The number of hydrogen-bond acceptors (Lipinski definition) is 4. The van der Waals surface area contributed by atoms with Gasteiger partial charge in [0.1, 0.15) is 12.4 Å². The summed E-state index contributed by atoms with van der Waals surface area (Å²) in [5.74, 6) is -0.478. The molecule has 8 heteroatoms. The molecular formula is C29H26F3NO4. The zero-order valence-corrected chi connectivity index (χ0v) is 19.9. The van der Waals surface area contributed by atoms with Gasteiger partial charge in [0.25, 0.3) is 0 Å². The van der Waals surface area contributed by atoms with Crippen molar-refractivity contribution in [3.05, 3.63) is 89.5 Å². The van der Waals surface area contributed by atoms with Crippen LogP contribution >= 0.6 is 0 Å². The first-order valence-corrected chi connectivity index (χ1v) is 12.4. The Labute approximate surface area is 212 Å². The summed E-state index contributed by atoms with van der Waals surface area (Å²) >= 11 is 0. The third kappa shape index (κ3) is 4.23. The average Bonchev–Trinajstić information content (AvgIpc) is 3.34. The highest BCUT2D eigenvalue weighted by atomic mass is 19.4. The van der Waals surface area contributed by atoms with Gasteiger partial charge in [-0.2, -0.15) is 0 Å². The first kappa shape index (κ1) is 23.9. The first-order chi connectivity index (χ1) is 17.7. The summed E-state index contributed by atoms with van der Waals surface area (Å²) in [6.45, 7) is 0.190. The van der Waals surface area contributed by atoms with Crippen molar-refractivity contribution in [2.24, 2.45) is 0 Å². The molecule has 1 N–H and O–H groups in total. The Hall–Kier alpha value is -3.52. The molecular weight excluding hydrogens is 483 g/mol. The van der Waals surface area contributed by atoms with E-state index in [1.807, 2.05) is 24.3 Å². The van der Waals surface area contributed by atoms with Crippen LogP contribution in [-0.4, -0.2) is 41.2 Å². The Morgan fingerprint density at radius 3 is 2.03 bits per heavy atom. The summed E-state index contributed by atoms with van der Waals surface area (Å²) in [5, 5.41) is 11.5. The van der Waals surface area contributed by atoms with Crippen molar-refractivity contribution in [3.8, 4) is 16.9 Å². The second-order valence-electron chi connectivity index (χ2n) is 10.1. The van der Waals surface area contributed by atoms with Crippen molar-refractivity contribution in [1.82, 2.24) is 4.90 Å². The van der Waals surface area contributed by atoms with Crippen LogP contribution in [0.5, 0.6) is 5.75 Å². The lowest BCUT2D eigenvalue weighted by atomic mass is 9.80. The molecule has 2 atom stereocenters. The van der Waals surface area contributed by atoms with Crippen LogP contribution in [-0.2, 0) is 10.3 Å². The van der Waals surface area contributed by atoms with Crippen molar-refractivity contribution < 1.29 is 32.5 Å². The first-order valence-electron chi connectivity index (χ1n) is 12.4. The minimum absolute atomic E-state index is 0.0675. The molecule has 0 spiro atoms. The second kappa shape index (κ2) is 8.80. The van der Waals surface area contributed by atoms with E-state index in [9.17, 15) is 23.1 Å². The molecule has 5 nitrogen and oxygen atoms in total. The summed E-state index contributed by atoms with van der Waals surface area (Å²) in [6.07, 6.45) is -3.78. The number of carbonyl (C=O) groups excluding carboxylic acids is 1. The molecule has 0 aromatic heterocycles. The zero-order valence-electron chi connectivity index (χ0n) is 19.9. The highest BCUT2D eigenvalue weighted by Crippen LogP contribution is 2.49.